The molecule has 0 fully saturated rings. The summed E-state index contributed by atoms with van der Waals surface area (Å²) in [6.07, 6.45) is 0.0889. The minimum Gasteiger partial charge on any atom is -0.396 e. The van der Waals surface area contributed by atoms with E-state index < -0.39 is 0 Å². The Kier molecular flexibility index (Phi) is 7.96. The number of nitrogens with zero attached hydrogens (tertiary/aromatic N) is 1. The van der Waals surface area contributed by atoms with Crippen molar-refractivity contribution < 1.29 is 10.2 Å². The molecule has 0 aliphatic heterocycles. The van der Waals surface area contributed by atoms with Gasteiger partial charge in [-0.15, -0.1) is 0 Å². The Hall–Kier alpha value is -0.240. The van der Waals surface area contributed by atoms with Crippen molar-refractivity contribution in [1.82, 2.24) is 4.90 Å². The van der Waals surface area contributed by atoms with Crippen LogP contribution in [0.4, 0.5) is 0 Å². The summed E-state index contributed by atoms with van der Waals surface area (Å²) in [6.45, 7) is 1.57. The van der Waals surface area contributed by atoms with Crippen molar-refractivity contribution in [2.24, 2.45) is 17.2 Å². The number of hydrogen-bond donors (Lipinski definition) is 5. The van der Waals surface area contributed by atoms with E-state index in [1.165, 1.54) is 0 Å². The Morgan fingerprint density at radius 1 is 1.07 bits per heavy atom. The number of nitrogens with two attached hydrogens (primary N) is 3. The zero-order valence-corrected chi connectivity index (χ0v) is 8.47. The molecule has 6 nitrogen and oxygen atoms in total. The summed E-state index contributed by atoms with van der Waals surface area (Å²) < 4.78 is 0. The van der Waals surface area contributed by atoms with Gasteiger partial charge in [0.2, 0.25) is 0 Å². The summed E-state index contributed by atoms with van der Waals surface area (Å²) in [4.78, 5) is 1.82. The van der Waals surface area contributed by atoms with E-state index in [-0.39, 0.29) is 25.4 Å². The molecule has 0 saturated carbocycles. The summed E-state index contributed by atoms with van der Waals surface area (Å²) in [6, 6.07) is -0.293. The first-order chi connectivity index (χ1) is 6.67. The van der Waals surface area contributed by atoms with Gasteiger partial charge in [-0.3, -0.25) is 4.90 Å². The maximum absolute atomic E-state index is 8.80. The summed E-state index contributed by atoms with van der Waals surface area (Å²) in [5.41, 5.74) is 17.0. The molecule has 8 N–H and O–H groups in total. The van der Waals surface area contributed by atoms with E-state index in [9.17, 15) is 0 Å². The minimum atomic E-state index is -0.363. The molecule has 0 radical (unpaired) electrons. The van der Waals surface area contributed by atoms with Crippen LogP contribution in [-0.2, 0) is 0 Å². The highest BCUT2D eigenvalue weighted by atomic mass is 16.3. The van der Waals surface area contributed by atoms with Gasteiger partial charge in [0.05, 0.1) is 12.8 Å². The van der Waals surface area contributed by atoms with E-state index in [2.05, 4.69) is 0 Å². The summed E-state index contributed by atoms with van der Waals surface area (Å²) in [5, 5.41) is 17.5. The number of rotatable bonds is 8. The third kappa shape index (κ3) is 4.85. The fraction of sp³-hybridized carbons (Fsp3) is 1.00. The normalized spacial score (nSPS) is 15.9. The third-order valence-electron chi connectivity index (χ3n) is 2.13. The second-order valence-electron chi connectivity index (χ2n) is 3.21. The van der Waals surface area contributed by atoms with Gasteiger partial charge in [0.25, 0.3) is 0 Å². The van der Waals surface area contributed by atoms with Gasteiger partial charge in [-0.2, -0.15) is 0 Å². The Morgan fingerprint density at radius 3 is 2.14 bits per heavy atom. The molecule has 0 rings (SSSR count). The number of aliphatic hydroxyl groups is 2. The van der Waals surface area contributed by atoms with Crippen LogP contribution < -0.4 is 17.2 Å². The molecule has 0 saturated heterocycles. The zero-order valence-electron chi connectivity index (χ0n) is 8.47. The predicted molar refractivity (Wildman–Crippen MR) is 55.4 cm³/mol. The first kappa shape index (κ1) is 13.8. The van der Waals surface area contributed by atoms with Crippen molar-refractivity contribution in [3.63, 3.8) is 0 Å². The van der Waals surface area contributed by atoms with Crippen LogP contribution in [0.5, 0.6) is 0 Å². The summed E-state index contributed by atoms with van der Waals surface area (Å²) >= 11 is 0. The van der Waals surface area contributed by atoms with Gasteiger partial charge in [0.15, 0.2) is 0 Å². The fourth-order valence-electron chi connectivity index (χ4n) is 1.29. The first-order valence-corrected chi connectivity index (χ1v) is 4.84. The molecule has 0 aromatic rings. The molecule has 6 heteroatoms. The van der Waals surface area contributed by atoms with Gasteiger partial charge in [-0.25, -0.2) is 0 Å². The Morgan fingerprint density at radius 2 is 1.71 bits per heavy atom. The maximum atomic E-state index is 8.80. The molecule has 0 aliphatic carbocycles. The van der Waals surface area contributed by atoms with Gasteiger partial charge in [0.1, 0.15) is 0 Å². The minimum absolute atomic E-state index is 0.0183. The zero-order chi connectivity index (χ0) is 11.0. The van der Waals surface area contributed by atoms with Crippen molar-refractivity contribution in [3.05, 3.63) is 0 Å². The molecule has 0 amide bonds. The monoisotopic (exact) mass is 206 g/mol. The molecule has 0 aliphatic rings. The van der Waals surface area contributed by atoms with Gasteiger partial charge in [-0.05, 0) is 6.42 Å². The van der Waals surface area contributed by atoms with E-state index in [1.54, 1.807) is 0 Å². The Bertz CT molecular complexity index is 131. The molecule has 0 heterocycles. The van der Waals surface area contributed by atoms with Crippen molar-refractivity contribution in [1.29, 1.82) is 0 Å². The lowest BCUT2D eigenvalue weighted by Crippen LogP contribution is -2.55. The van der Waals surface area contributed by atoms with Crippen LogP contribution >= 0.6 is 0 Å². The molecule has 2 atom stereocenters. The van der Waals surface area contributed by atoms with Gasteiger partial charge < -0.3 is 27.4 Å². The van der Waals surface area contributed by atoms with Crippen LogP contribution in [0.15, 0.2) is 0 Å². The van der Waals surface area contributed by atoms with Crippen molar-refractivity contribution in [2.75, 3.05) is 32.8 Å². The van der Waals surface area contributed by atoms with E-state index in [4.69, 9.17) is 27.4 Å². The van der Waals surface area contributed by atoms with E-state index in [1.807, 2.05) is 4.90 Å². The standard InChI is InChI=1S/C8H22N4O2/c9-2-3-12(4-6-14)8(11)7(10)1-5-13/h7-8,13-14H,1-6,9-11H2. The van der Waals surface area contributed by atoms with Gasteiger partial charge >= 0.3 is 0 Å². The van der Waals surface area contributed by atoms with E-state index in [0.29, 0.717) is 26.1 Å². The van der Waals surface area contributed by atoms with Crippen LogP contribution in [0, 0.1) is 0 Å². The lowest BCUT2D eigenvalue weighted by atomic mass is 10.1. The SMILES string of the molecule is NCCN(CCO)C(N)C(N)CCO. The first-order valence-electron chi connectivity index (χ1n) is 4.84. The van der Waals surface area contributed by atoms with Crippen LogP contribution in [0.3, 0.4) is 0 Å². The Labute approximate surface area is 84.7 Å². The topological polar surface area (TPSA) is 122 Å². The van der Waals surface area contributed by atoms with Gasteiger partial charge in [0, 0.05) is 32.3 Å². The molecule has 0 aromatic carbocycles. The molecule has 14 heavy (non-hydrogen) atoms. The van der Waals surface area contributed by atoms with Crippen molar-refractivity contribution in [2.45, 2.75) is 18.6 Å². The summed E-state index contributed by atoms with van der Waals surface area (Å²) in [5.74, 6) is 0. The highest BCUT2D eigenvalue weighted by molar-refractivity contribution is 4.77. The Balaban J connectivity index is 4.03. The average molecular weight is 206 g/mol. The molecule has 0 aromatic heterocycles. The average Bonchev–Trinajstić information content (AvgIpc) is 2.17. The largest absolute Gasteiger partial charge is 0.396 e. The molecule has 86 valence electrons. The van der Waals surface area contributed by atoms with Crippen LogP contribution in [0.2, 0.25) is 0 Å². The molecule has 0 spiro atoms. The molecular formula is C8H22N4O2. The van der Waals surface area contributed by atoms with Crippen LogP contribution in [0.25, 0.3) is 0 Å². The fourth-order valence-corrected chi connectivity index (χ4v) is 1.29. The van der Waals surface area contributed by atoms with Crippen LogP contribution in [0.1, 0.15) is 6.42 Å². The molecule has 2 unspecified atom stereocenters. The molecular weight excluding hydrogens is 184 g/mol. The highest BCUT2D eigenvalue weighted by Gasteiger charge is 2.19. The van der Waals surface area contributed by atoms with Crippen molar-refractivity contribution >= 4 is 0 Å². The highest BCUT2D eigenvalue weighted by Crippen LogP contribution is 1.99. The maximum Gasteiger partial charge on any atom is 0.0730 e. The lowest BCUT2D eigenvalue weighted by molar-refractivity contribution is 0.130. The van der Waals surface area contributed by atoms with Gasteiger partial charge in [-0.1, -0.05) is 0 Å². The predicted octanol–water partition coefficient (Wildman–Crippen LogP) is -2.77. The van der Waals surface area contributed by atoms with Crippen molar-refractivity contribution in [3.8, 4) is 0 Å². The number of hydrogen-bond acceptors (Lipinski definition) is 6. The second-order valence-corrected chi connectivity index (χ2v) is 3.21. The summed E-state index contributed by atoms with van der Waals surface area (Å²) in [7, 11) is 0. The smallest absolute Gasteiger partial charge is 0.0730 e. The molecule has 0 bridgehead atoms. The van der Waals surface area contributed by atoms with Crippen LogP contribution in [-0.4, -0.2) is 60.2 Å². The van der Waals surface area contributed by atoms with E-state index >= 15 is 0 Å². The quantitative estimate of drug-likeness (QED) is 0.274. The number of aliphatic hydroxyl groups excluding tert-OH is 2. The third-order valence-corrected chi connectivity index (χ3v) is 2.13. The lowest BCUT2D eigenvalue weighted by Gasteiger charge is -2.31. The van der Waals surface area contributed by atoms with E-state index in [0.717, 1.165) is 0 Å². The second kappa shape index (κ2) is 8.10.